The molecule has 1 saturated heterocycles. The molecule has 0 saturated carbocycles. The number of rotatable bonds is 7. The van der Waals surface area contributed by atoms with Gasteiger partial charge in [0.1, 0.15) is 0 Å². The predicted molar refractivity (Wildman–Crippen MR) is 104 cm³/mol. The van der Waals surface area contributed by atoms with Crippen LogP contribution >= 0.6 is 11.3 Å². The molecule has 2 rings (SSSR count). The minimum absolute atomic E-state index is 0.638. The Bertz CT molecular complexity index is 523. The average molecular weight is 353 g/mol. The van der Waals surface area contributed by atoms with E-state index in [2.05, 4.69) is 46.3 Å². The van der Waals surface area contributed by atoms with Gasteiger partial charge in [0.25, 0.3) is 0 Å². The maximum absolute atomic E-state index is 4.82. The molecule has 1 unspecified atom stereocenters. The summed E-state index contributed by atoms with van der Waals surface area (Å²) in [6.07, 6.45) is 1.22. The van der Waals surface area contributed by atoms with E-state index >= 15 is 0 Å². The molecule has 2 heterocycles. The molecule has 0 radical (unpaired) electrons. The second-order valence-electron chi connectivity index (χ2n) is 6.30. The highest BCUT2D eigenvalue weighted by atomic mass is 32.1. The molecule has 1 N–H and O–H groups in total. The van der Waals surface area contributed by atoms with Crippen molar-refractivity contribution in [2.45, 2.75) is 39.8 Å². The van der Waals surface area contributed by atoms with Crippen LogP contribution in [-0.2, 0) is 6.54 Å². The molecule has 136 valence electrons. The van der Waals surface area contributed by atoms with E-state index in [0.717, 1.165) is 49.5 Å². The minimum atomic E-state index is 0.638. The Morgan fingerprint density at radius 1 is 1.38 bits per heavy atom. The molecule has 6 nitrogen and oxygen atoms in total. The number of likely N-dealkylation sites (tertiary alicyclic amines) is 1. The summed E-state index contributed by atoms with van der Waals surface area (Å²) in [5, 5.41) is 6.58. The van der Waals surface area contributed by atoms with Crippen LogP contribution in [0.4, 0.5) is 5.13 Å². The lowest BCUT2D eigenvalue weighted by Gasteiger charge is -2.27. The summed E-state index contributed by atoms with van der Waals surface area (Å²) >= 11 is 1.67. The summed E-state index contributed by atoms with van der Waals surface area (Å²) in [4.78, 5) is 16.4. The van der Waals surface area contributed by atoms with Crippen molar-refractivity contribution in [1.82, 2.24) is 20.1 Å². The molecule has 24 heavy (non-hydrogen) atoms. The highest BCUT2D eigenvalue weighted by molar-refractivity contribution is 7.13. The van der Waals surface area contributed by atoms with Gasteiger partial charge in [-0.15, -0.1) is 11.3 Å². The van der Waals surface area contributed by atoms with Crippen LogP contribution in [0.15, 0.2) is 10.4 Å². The van der Waals surface area contributed by atoms with E-state index in [-0.39, 0.29) is 0 Å². The lowest BCUT2D eigenvalue weighted by atomic mass is 10.2. The highest BCUT2D eigenvalue weighted by Crippen LogP contribution is 2.19. The first-order valence-corrected chi connectivity index (χ1v) is 9.85. The monoisotopic (exact) mass is 352 g/mol. The van der Waals surface area contributed by atoms with Gasteiger partial charge in [0.2, 0.25) is 0 Å². The van der Waals surface area contributed by atoms with Gasteiger partial charge in [0.05, 0.1) is 12.2 Å². The molecule has 1 atom stereocenters. The molecule has 0 amide bonds. The van der Waals surface area contributed by atoms with Crippen LogP contribution in [0.1, 0.15) is 32.9 Å². The summed E-state index contributed by atoms with van der Waals surface area (Å²) in [6.45, 7) is 12.5. The Morgan fingerprint density at radius 2 is 2.12 bits per heavy atom. The van der Waals surface area contributed by atoms with Crippen molar-refractivity contribution in [2.24, 2.45) is 4.99 Å². The van der Waals surface area contributed by atoms with Crippen molar-refractivity contribution in [2.75, 3.05) is 51.7 Å². The molecule has 1 aromatic heterocycles. The molecular formula is C17H32N6S. The first-order valence-electron chi connectivity index (χ1n) is 8.98. The average Bonchev–Trinajstić information content (AvgIpc) is 3.22. The van der Waals surface area contributed by atoms with E-state index in [1.165, 1.54) is 6.42 Å². The number of hydrogen-bond donors (Lipinski definition) is 1. The number of nitrogens with one attached hydrogen (secondary N) is 1. The van der Waals surface area contributed by atoms with Crippen molar-refractivity contribution in [1.29, 1.82) is 0 Å². The van der Waals surface area contributed by atoms with Crippen LogP contribution in [0, 0.1) is 0 Å². The van der Waals surface area contributed by atoms with Crippen molar-refractivity contribution in [3.63, 3.8) is 0 Å². The first kappa shape index (κ1) is 19.0. The Kier molecular flexibility index (Phi) is 7.30. The van der Waals surface area contributed by atoms with Gasteiger partial charge in [-0.2, -0.15) is 0 Å². The Labute approximate surface area is 150 Å². The fourth-order valence-corrected chi connectivity index (χ4v) is 3.88. The van der Waals surface area contributed by atoms with Crippen molar-refractivity contribution in [3.05, 3.63) is 11.1 Å². The van der Waals surface area contributed by atoms with Gasteiger partial charge in [-0.05, 0) is 26.4 Å². The largest absolute Gasteiger partial charge is 0.357 e. The molecule has 0 aliphatic carbocycles. The molecule has 7 heteroatoms. The number of aromatic nitrogens is 1. The second-order valence-corrected chi connectivity index (χ2v) is 7.13. The molecule has 1 fully saturated rings. The minimum Gasteiger partial charge on any atom is -0.357 e. The normalized spacial score (nSPS) is 18.5. The number of likely N-dealkylation sites (N-methyl/N-ethyl adjacent to an activating group) is 1. The van der Waals surface area contributed by atoms with E-state index in [4.69, 9.17) is 4.99 Å². The van der Waals surface area contributed by atoms with E-state index in [0.29, 0.717) is 12.6 Å². The SMILES string of the molecule is CCNC(=NCc1csc(N(C)C)n1)N1CCC(N(CC)CC)C1. The Hall–Kier alpha value is -1.34. The Balaban J connectivity index is 2.00. The highest BCUT2D eigenvalue weighted by Gasteiger charge is 2.27. The predicted octanol–water partition coefficient (Wildman–Crippen LogP) is 2.09. The number of thiazole rings is 1. The van der Waals surface area contributed by atoms with Crippen LogP contribution < -0.4 is 10.2 Å². The van der Waals surface area contributed by atoms with Gasteiger partial charge in [-0.3, -0.25) is 4.90 Å². The quantitative estimate of drug-likeness (QED) is 0.601. The van der Waals surface area contributed by atoms with Crippen molar-refractivity contribution in [3.8, 4) is 0 Å². The zero-order valence-corrected chi connectivity index (χ0v) is 16.6. The fourth-order valence-electron chi connectivity index (χ4n) is 3.13. The molecule has 0 spiro atoms. The molecule has 1 aromatic rings. The summed E-state index contributed by atoms with van der Waals surface area (Å²) in [7, 11) is 4.04. The van der Waals surface area contributed by atoms with Crippen LogP contribution in [0.5, 0.6) is 0 Å². The third-order valence-corrected chi connectivity index (χ3v) is 5.50. The van der Waals surface area contributed by atoms with Crippen molar-refractivity contribution >= 4 is 22.4 Å². The number of aliphatic imine (C=N–C) groups is 1. The van der Waals surface area contributed by atoms with E-state index in [1.807, 2.05) is 19.0 Å². The second kappa shape index (κ2) is 9.22. The van der Waals surface area contributed by atoms with Crippen LogP contribution in [0.3, 0.4) is 0 Å². The molecule has 1 aliphatic rings. The number of hydrogen-bond acceptors (Lipinski definition) is 5. The third-order valence-electron chi connectivity index (χ3n) is 4.44. The molecule has 1 aliphatic heterocycles. The summed E-state index contributed by atoms with van der Waals surface area (Å²) in [6, 6.07) is 0.642. The van der Waals surface area contributed by atoms with Gasteiger partial charge in [0.15, 0.2) is 11.1 Å². The van der Waals surface area contributed by atoms with Gasteiger partial charge in [0, 0.05) is 45.2 Å². The van der Waals surface area contributed by atoms with E-state index in [1.54, 1.807) is 11.3 Å². The van der Waals surface area contributed by atoms with E-state index in [9.17, 15) is 0 Å². The first-order chi connectivity index (χ1) is 11.6. The number of nitrogens with zero attached hydrogens (tertiary/aromatic N) is 5. The lowest BCUT2D eigenvalue weighted by Crippen LogP contribution is -2.43. The van der Waals surface area contributed by atoms with Gasteiger partial charge >= 0.3 is 0 Å². The van der Waals surface area contributed by atoms with Crippen LogP contribution in [0.25, 0.3) is 0 Å². The summed E-state index contributed by atoms with van der Waals surface area (Å²) in [5.74, 6) is 1.02. The molecule has 0 bridgehead atoms. The lowest BCUT2D eigenvalue weighted by molar-refractivity contribution is 0.223. The molecular weight excluding hydrogens is 320 g/mol. The smallest absolute Gasteiger partial charge is 0.194 e. The number of anilines is 1. The standard InChI is InChI=1S/C17H32N6S/c1-6-18-16(19-11-14-13-24-17(20-14)21(4)5)23-10-9-15(12-23)22(7-2)8-3/h13,15H,6-12H2,1-5H3,(H,18,19). The third kappa shape index (κ3) is 4.83. The Morgan fingerprint density at radius 3 is 2.71 bits per heavy atom. The van der Waals surface area contributed by atoms with Crippen LogP contribution in [-0.4, -0.2) is 73.6 Å². The summed E-state index contributed by atoms with van der Waals surface area (Å²) < 4.78 is 0. The fraction of sp³-hybridized carbons (Fsp3) is 0.765. The zero-order valence-electron chi connectivity index (χ0n) is 15.7. The topological polar surface area (TPSA) is 47.0 Å². The zero-order chi connectivity index (χ0) is 17.5. The van der Waals surface area contributed by atoms with Gasteiger partial charge in [-0.1, -0.05) is 13.8 Å². The van der Waals surface area contributed by atoms with Gasteiger partial charge in [-0.25, -0.2) is 9.98 Å². The summed E-state index contributed by atoms with van der Waals surface area (Å²) in [5.41, 5.74) is 1.04. The maximum Gasteiger partial charge on any atom is 0.194 e. The van der Waals surface area contributed by atoms with Crippen LogP contribution in [0.2, 0.25) is 0 Å². The number of guanidine groups is 1. The van der Waals surface area contributed by atoms with Gasteiger partial charge < -0.3 is 15.1 Å². The molecule has 0 aromatic carbocycles. The van der Waals surface area contributed by atoms with Crippen molar-refractivity contribution < 1.29 is 0 Å². The van der Waals surface area contributed by atoms with E-state index < -0.39 is 0 Å². The maximum atomic E-state index is 4.82.